The maximum Gasteiger partial charge on any atom is 0.112 e. The largest absolute Gasteiger partial charge is 0.390 e. The Morgan fingerprint density at radius 2 is 2.00 bits per heavy atom. The van der Waals surface area contributed by atoms with Crippen LogP contribution >= 0.6 is 15.9 Å². The number of benzene rings is 1. The monoisotopic (exact) mass is 295 g/mol. The van der Waals surface area contributed by atoms with Crippen LogP contribution in [0.25, 0.3) is 5.69 Å². The van der Waals surface area contributed by atoms with E-state index in [2.05, 4.69) is 33.2 Å². The van der Waals surface area contributed by atoms with Gasteiger partial charge < -0.3 is 5.11 Å². The highest BCUT2D eigenvalue weighted by molar-refractivity contribution is 9.10. The fourth-order valence-corrected chi connectivity index (χ4v) is 2.00. The summed E-state index contributed by atoms with van der Waals surface area (Å²) in [5.41, 5.74) is 2.61. The molecule has 0 saturated carbocycles. The van der Waals surface area contributed by atoms with E-state index in [9.17, 15) is 5.11 Å². The molecule has 0 radical (unpaired) electrons. The van der Waals surface area contributed by atoms with Crippen LogP contribution in [-0.2, 0) is 13.0 Å². The molecule has 0 unspecified atom stereocenters. The summed E-state index contributed by atoms with van der Waals surface area (Å²) in [6, 6.07) is 7.87. The Morgan fingerprint density at radius 3 is 2.59 bits per heavy atom. The van der Waals surface area contributed by atoms with Crippen LogP contribution in [0.4, 0.5) is 0 Å². The van der Waals surface area contributed by atoms with Crippen molar-refractivity contribution in [3.8, 4) is 5.69 Å². The zero-order valence-corrected chi connectivity index (χ0v) is 11.2. The van der Waals surface area contributed by atoms with Crippen molar-refractivity contribution in [3.05, 3.63) is 40.1 Å². The van der Waals surface area contributed by atoms with Crippen LogP contribution in [0.3, 0.4) is 0 Å². The van der Waals surface area contributed by atoms with E-state index in [-0.39, 0.29) is 6.61 Å². The molecular formula is C12H14BrN3O. The number of aliphatic hydroxyl groups excluding tert-OH is 1. The van der Waals surface area contributed by atoms with Gasteiger partial charge in [-0.25, -0.2) is 4.68 Å². The Morgan fingerprint density at radius 1 is 1.29 bits per heavy atom. The van der Waals surface area contributed by atoms with Gasteiger partial charge in [0.15, 0.2) is 0 Å². The number of rotatable bonds is 4. The van der Waals surface area contributed by atoms with E-state index < -0.39 is 0 Å². The van der Waals surface area contributed by atoms with Crippen LogP contribution in [0.1, 0.15) is 24.7 Å². The minimum Gasteiger partial charge on any atom is -0.390 e. The summed E-state index contributed by atoms with van der Waals surface area (Å²) in [5.74, 6) is 0. The molecule has 0 aliphatic heterocycles. The molecule has 0 aliphatic rings. The molecule has 0 fully saturated rings. The van der Waals surface area contributed by atoms with Gasteiger partial charge in [-0.15, -0.1) is 5.10 Å². The van der Waals surface area contributed by atoms with E-state index in [1.165, 1.54) is 0 Å². The zero-order chi connectivity index (χ0) is 12.3. The third-order valence-electron chi connectivity index (χ3n) is 2.55. The SMILES string of the molecule is CCCc1c(CO)nnn1-c1ccc(Br)cc1. The van der Waals surface area contributed by atoms with Crippen molar-refractivity contribution in [1.29, 1.82) is 0 Å². The molecule has 0 aliphatic carbocycles. The number of halogens is 1. The predicted octanol–water partition coefficient (Wildman–Crippen LogP) is 2.47. The molecule has 0 atom stereocenters. The van der Waals surface area contributed by atoms with Crippen molar-refractivity contribution in [3.63, 3.8) is 0 Å². The molecular weight excluding hydrogens is 282 g/mol. The fourth-order valence-electron chi connectivity index (χ4n) is 1.73. The van der Waals surface area contributed by atoms with Crippen molar-refractivity contribution < 1.29 is 5.11 Å². The van der Waals surface area contributed by atoms with Crippen molar-refractivity contribution in [1.82, 2.24) is 15.0 Å². The Labute approximate surface area is 108 Å². The van der Waals surface area contributed by atoms with E-state index in [4.69, 9.17) is 0 Å². The first-order chi connectivity index (χ1) is 8.26. The Balaban J connectivity index is 2.43. The van der Waals surface area contributed by atoms with Gasteiger partial charge in [0, 0.05) is 4.47 Å². The Kier molecular flexibility index (Phi) is 3.91. The number of aliphatic hydroxyl groups is 1. The average molecular weight is 296 g/mol. The van der Waals surface area contributed by atoms with E-state index in [0.29, 0.717) is 5.69 Å². The first-order valence-corrected chi connectivity index (χ1v) is 6.35. The van der Waals surface area contributed by atoms with Gasteiger partial charge in [-0.3, -0.25) is 0 Å². The lowest BCUT2D eigenvalue weighted by atomic mass is 10.2. The van der Waals surface area contributed by atoms with Crippen LogP contribution in [0, 0.1) is 0 Å². The average Bonchev–Trinajstić information content (AvgIpc) is 2.74. The summed E-state index contributed by atoms with van der Waals surface area (Å²) >= 11 is 3.40. The fraction of sp³-hybridized carbons (Fsp3) is 0.333. The first-order valence-electron chi connectivity index (χ1n) is 5.56. The van der Waals surface area contributed by atoms with Crippen molar-refractivity contribution in [2.75, 3.05) is 0 Å². The second-order valence-corrected chi connectivity index (χ2v) is 4.69. The third-order valence-corrected chi connectivity index (χ3v) is 3.08. The topological polar surface area (TPSA) is 50.9 Å². The molecule has 4 nitrogen and oxygen atoms in total. The maximum absolute atomic E-state index is 9.23. The Bertz CT molecular complexity index is 493. The molecule has 0 bridgehead atoms. The molecule has 1 heterocycles. The molecule has 1 aromatic heterocycles. The second kappa shape index (κ2) is 5.42. The van der Waals surface area contributed by atoms with Crippen molar-refractivity contribution in [2.24, 2.45) is 0 Å². The normalized spacial score (nSPS) is 10.8. The molecule has 2 aromatic rings. The van der Waals surface area contributed by atoms with Crippen LogP contribution in [0.2, 0.25) is 0 Å². The summed E-state index contributed by atoms with van der Waals surface area (Å²) < 4.78 is 2.82. The summed E-state index contributed by atoms with van der Waals surface area (Å²) in [7, 11) is 0. The van der Waals surface area contributed by atoms with Crippen LogP contribution in [0.5, 0.6) is 0 Å². The molecule has 90 valence electrons. The number of aromatic nitrogens is 3. The number of hydrogen-bond donors (Lipinski definition) is 1. The standard InChI is InChI=1S/C12H14BrN3O/c1-2-3-12-11(8-17)14-15-16(12)10-6-4-9(13)5-7-10/h4-7,17H,2-3,8H2,1H3. The second-order valence-electron chi connectivity index (χ2n) is 3.78. The lowest BCUT2D eigenvalue weighted by Crippen LogP contribution is -2.03. The summed E-state index contributed by atoms with van der Waals surface area (Å²) in [5, 5.41) is 17.3. The number of nitrogens with zero attached hydrogens (tertiary/aromatic N) is 3. The minimum absolute atomic E-state index is 0.0636. The quantitative estimate of drug-likeness (QED) is 0.943. The third kappa shape index (κ3) is 2.56. The van der Waals surface area contributed by atoms with Gasteiger partial charge in [-0.05, 0) is 30.7 Å². The van der Waals surface area contributed by atoms with Gasteiger partial charge in [0.25, 0.3) is 0 Å². The van der Waals surface area contributed by atoms with Gasteiger partial charge in [0.05, 0.1) is 18.0 Å². The van der Waals surface area contributed by atoms with Crippen molar-refractivity contribution in [2.45, 2.75) is 26.4 Å². The molecule has 0 spiro atoms. The highest BCUT2D eigenvalue weighted by Crippen LogP contribution is 2.17. The zero-order valence-electron chi connectivity index (χ0n) is 9.60. The molecule has 2 rings (SSSR count). The molecule has 1 aromatic carbocycles. The highest BCUT2D eigenvalue weighted by Gasteiger charge is 2.12. The van der Waals surface area contributed by atoms with Crippen LogP contribution < -0.4 is 0 Å². The highest BCUT2D eigenvalue weighted by atomic mass is 79.9. The molecule has 0 amide bonds. The maximum atomic E-state index is 9.23. The van der Waals surface area contributed by atoms with E-state index in [1.807, 2.05) is 24.3 Å². The smallest absolute Gasteiger partial charge is 0.112 e. The summed E-state index contributed by atoms with van der Waals surface area (Å²) in [6.07, 6.45) is 1.86. The first kappa shape index (κ1) is 12.3. The van der Waals surface area contributed by atoms with Crippen molar-refractivity contribution >= 4 is 15.9 Å². The van der Waals surface area contributed by atoms with Crippen LogP contribution in [0.15, 0.2) is 28.7 Å². The lowest BCUT2D eigenvalue weighted by molar-refractivity contribution is 0.275. The Hall–Kier alpha value is -1.20. The van der Waals surface area contributed by atoms with E-state index in [1.54, 1.807) is 4.68 Å². The summed E-state index contributed by atoms with van der Waals surface area (Å²) in [6.45, 7) is 2.03. The van der Waals surface area contributed by atoms with Gasteiger partial charge in [-0.1, -0.05) is 34.5 Å². The minimum atomic E-state index is -0.0636. The molecule has 17 heavy (non-hydrogen) atoms. The lowest BCUT2D eigenvalue weighted by Gasteiger charge is -2.06. The van der Waals surface area contributed by atoms with E-state index >= 15 is 0 Å². The molecule has 0 saturated heterocycles. The van der Waals surface area contributed by atoms with Gasteiger partial charge >= 0.3 is 0 Å². The predicted molar refractivity (Wildman–Crippen MR) is 69.0 cm³/mol. The van der Waals surface area contributed by atoms with Crippen LogP contribution in [-0.4, -0.2) is 20.1 Å². The van der Waals surface area contributed by atoms with E-state index in [0.717, 1.165) is 28.7 Å². The molecule has 1 N–H and O–H groups in total. The van der Waals surface area contributed by atoms with Gasteiger partial charge in [0.2, 0.25) is 0 Å². The number of hydrogen-bond acceptors (Lipinski definition) is 3. The summed E-state index contributed by atoms with van der Waals surface area (Å²) in [4.78, 5) is 0. The van der Waals surface area contributed by atoms with Gasteiger partial charge in [-0.2, -0.15) is 0 Å². The van der Waals surface area contributed by atoms with Gasteiger partial charge in [0.1, 0.15) is 5.69 Å². The molecule has 5 heteroatoms.